The van der Waals surface area contributed by atoms with Crippen molar-refractivity contribution >= 4 is 5.97 Å². The highest BCUT2D eigenvalue weighted by molar-refractivity contribution is 5.70. The Hall–Kier alpha value is -0.530. The van der Waals surface area contributed by atoms with Gasteiger partial charge in [0.25, 0.3) is 0 Å². The molecule has 0 aliphatic carbocycles. The third-order valence-electron chi connectivity index (χ3n) is 2.37. The highest BCUT2D eigenvalue weighted by atomic mass is 16.4. The second-order valence-electron chi connectivity index (χ2n) is 2.93. The summed E-state index contributed by atoms with van der Waals surface area (Å²) >= 11 is 0. The van der Waals surface area contributed by atoms with Gasteiger partial charge in [0.1, 0.15) is 0 Å². The maximum absolute atomic E-state index is 10.7. The van der Waals surface area contributed by atoms with Crippen molar-refractivity contribution in [3.8, 4) is 0 Å². The fraction of sp³-hybridized carbons (Fsp3) is 0.889. The summed E-state index contributed by atoms with van der Waals surface area (Å²) in [6, 6.07) is 0. The zero-order valence-electron chi connectivity index (χ0n) is 7.63. The summed E-state index contributed by atoms with van der Waals surface area (Å²) in [5, 5.41) is 8.81. The molecule has 0 aliphatic rings. The Morgan fingerprint density at radius 1 is 1.18 bits per heavy atom. The van der Waals surface area contributed by atoms with Crippen LogP contribution in [0.4, 0.5) is 0 Å². The molecule has 0 aliphatic heterocycles. The van der Waals surface area contributed by atoms with E-state index in [4.69, 9.17) is 5.11 Å². The minimum Gasteiger partial charge on any atom is -0.481 e. The maximum Gasteiger partial charge on any atom is 0.306 e. The van der Waals surface area contributed by atoms with Gasteiger partial charge in [-0.2, -0.15) is 0 Å². The summed E-state index contributed by atoms with van der Waals surface area (Å²) in [5.74, 6) is -0.413. The molecule has 1 N–H and O–H groups in total. The summed E-state index contributed by atoms with van der Waals surface area (Å²) in [4.78, 5) is 10.7. The van der Waals surface area contributed by atoms with Crippen molar-refractivity contribution < 1.29 is 9.90 Å². The fourth-order valence-electron chi connectivity index (χ4n) is 1.57. The molecule has 0 saturated carbocycles. The van der Waals surface area contributed by atoms with Crippen LogP contribution in [0.15, 0.2) is 0 Å². The molecule has 0 rings (SSSR count). The Kier molecular flexibility index (Phi) is 4.92. The van der Waals surface area contributed by atoms with Gasteiger partial charge in [-0.3, -0.25) is 4.79 Å². The van der Waals surface area contributed by atoms with Crippen LogP contribution in [-0.4, -0.2) is 11.1 Å². The number of carboxylic acids is 1. The molecule has 0 fully saturated rings. The van der Waals surface area contributed by atoms with Crippen LogP contribution in [0, 0.1) is 11.8 Å². The average molecular weight is 158 g/mol. The SMILES string of the molecule is CCC(CC)C(CC)C(=O)O. The Labute approximate surface area is 68.6 Å². The smallest absolute Gasteiger partial charge is 0.306 e. The number of carbonyl (C=O) groups is 1. The Balaban J connectivity index is 4.09. The molecule has 11 heavy (non-hydrogen) atoms. The maximum atomic E-state index is 10.7. The first-order valence-electron chi connectivity index (χ1n) is 4.40. The molecule has 0 amide bonds. The molecule has 0 aromatic heterocycles. The summed E-state index contributed by atoms with van der Waals surface area (Å²) in [6.07, 6.45) is 2.70. The van der Waals surface area contributed by atoms with E-state index in [1.165, 1.54) is 0 Å². The van der Waals surface area contributed by atoms with Crippen molar-refractivity contribution in [1.82, 2.24) is 0 Å². The van der Waals surface area contributed by atoms with Crippen molar-refractivity contribution in [2.24, 2.45) is 11.8 Å². The number of hydrogen-bond donors (Lipinski definition) is 1. The van der Waals surface area contributed by atoms with Crippen molar-refractivity contribution in [3.63, 3.8) is 0 Å². The molecule has 0 radical (unpaired) electrons. The first-order chi connectivity index (χ1) is 5.17. The first-order valence-corrected chi connectivity index (χ1v) is 4.40. The Bertz CT molecular complexity index is 117. The third-order valence-corrected chi connectivity index (χ3v) is 2.37. The van der Waals surface area contributed by atoms with Crippen LogP contribution >= 0.6 is 0 Å². The normalized spacial score (nSPS) is 13.5. The average Bonchev–Trinajstić information content (AvgIpc) is 1.99. The zero-order valence-corrected chi connectivity index (χ0v) is 7.63. The Morgan fingerprint density at radius 3 is 1.73 bits per heavy atom. The molecule has 0 saturated heterocycles. The van der Waals surface area contributed by atoms with Gasteiger partial charge in [0.15, 0.2) is 0 Å². The van der Waals surface area contributed by atoms with E-state index in [9.17, 15) is 4.79 Å². The number of hydrogen-bond acceptors (Lipinski definition) is 1. The van der Waals surface area contributed by atoms with Crippen LogP contribution in [0.2, 0.25) is 0 Å². The first kappa shape index (κ1) is 10.5. The van der Waals surface area contributed by atoms with Crippen molar-refractivity contribution in [1.29, 1.82) is 0 Å². The number of aliphatic carboxylic acids is 1. The molecule has 0 bridgehead atoms. The van der Waals surface area contributed by atoms with E-state index in [2.05, 4.69) is 13.8 Å². The summed E-state index contributed by atoms with van der Waals surface area (Å²) < 4.78 is 0. The van der Waals surface area contributed by atoms with Crippen LogP contribution in [0.3, 0.4) is 0 Å². The molecule has 1 atom stereocenters. The lowest BCUT2D eigenvalue weighted by molar-refractivity contribution is -0.143. The predicted molar refractivity (Wildman–Crippen MR) is 45.5 cm³/mol. The molecular weight excluding hydrogens is 140 g/mol. The van der Waals surface area contributed by atoms with Crippen LogP contribution in [-0.2, 0) is 4.79 Å². The van der Waals surface area contributed by atoms with Crippen molar-refractivity contribution in [3.05, 3.63) is 0 Å². The summed E-state index contributed by atoms with van der Waals surface area (Å²) in [7, 11) is 0. The van der Waals surface area contributed by atoms with E-state index in [0.29, 0.717) is 5.92 Å². The molecule has 66 valence electrons. The minimum absolute atomic E-state index is 0.134. The van der Waals surface area contributed by atoms with Gasteiger partial charge < -0.3 is 5.11 Å². The second-order valence-corrected chi connectivity index (χ2v) is 2.93. The molecule has 2 heteroatoms. The standard InChI is InChI=1S/C9H18O2/c1-4-7(5-2)8(6-3)9(10)11/h7-8H,4-6H2,1-3H3,(H,10,11). The van der Waals surface area contributed by atoms with Gasteiger partial charge >= 0.3 is 5.97 Å². The highest BCUT2D eigenvalue weighted by Crippen LogP contribution is 2.22. The minimum atomic E-state index is -0.638. The lowest BCUT2D eigenvalue weighted by Gasteiger charge is -2.19. The zero-order chi connectivity index (χ0) is 8.85. The van der Waals surface area contributed by atoms with Gasteiger partial charge in [-0.05, 0) is 12.3 Å². The van der Waals surface area contributed by atoms with Gasteiger partial charge in [0.2, 0.25) is 0 Å². The van der Waals surface area contributed by atoms with Gasteiger partial charge in [-0.25, -0.2) is 0 Å². The third kappa shape index (κ3) is 2.91. The number of rotatable bonds is 5. The van der Waals surface area contributed by atoms with Crippen LogP contribution in [0.5, 0.6) is 0 Å². The van der Waals surface area contributed by atoms with Crippen molar-refractivity contribution in [2.45, 2.75) is 40.0 Å². The molecule has 0 heterocycles. The van der Waals surface area contributed by atoms with E-state index in [-0.39, 0.29) is 5.92 Å². The van der Waals surface area contributed by atoms with Crippen LogP contribution < -0.4 is 0 Å². The van der Waals surface area contributed by atoms with Gasteiger partial charge in [-0.1, -0.05) is 33.6 Å². The van der Waals surface area contributed by atoms with Crippen molar-refractivity contribution in [2.75, 3.05) is 0 Å². The summed E-state index contributed by atoms with van der Waals surface area (Å²) in [5.41, 5.74) is 0. The molecule has 0 spiro atoms. The predicted octanol–water partition coefficient (Wildman–Crippen LogP) is 2.53. The largest absolute Gasteiger partial charge is 0.481 e. The highest BCUT2D eigenvalue weighted by Gasteiger charge is 2.22. The van der Waals surface area contributed by atoms with E-state index in [1.54, 1.807) is 0 Å². The second kappa shape index (κ2) is 5.16. The molecule has 0 aromatic rings. The van der Waals surface area contributed by atoms with Gasteiger partial charge in [-0.15, -0.1) is 0 Å². The Morgan fingerprint density at radius 2 is 1.64 bits per heavy atom. The van der Waals surface area contributed by atoms with Crippen LogP contribution in [0.25, 0.3) is 0 Å². The molecule has 0 aromatic carbocycles. The monoisotopic (exact) mass is 158 g/mol. The van der Waals surface area contributed by atoms with E-state index in [0.717, 1.165) is 19.3 Å². The van der Waals surface area contributed by atoms with E-state index < -0.39 is 5.97 Å². The molecule has 1 unspecified atom stereocenters. The fourth-order valence-corrected chi connectivity index (χ4v) is 1.57. The lowest BCUT2D eigenvalue weighted by atomic mass is 9.86. The summed E-state index contributed by atoms with van der Waals surface area (Å²) in [6.45, 7) is 6.05. The van der Waals surface area contributed by atoms with Crippen LogP contribution in [0.1, 0.15) is 40.0 Å². The van der Waals surface area contributed by atoms with Gasteiger partial charge in [0, 0.05) is 0 Å². The van der Waals surface area contributed by atoms with E-state index >= 15 is 0 Å². The topological polar surface area (TPSA) is 37.3 Å². The quantitative estimate of drug-likeness (QED) is 0.667. The van der Waals surface area contributed by atoms with Gasteiger partial charge in [0.05, 0.1) is 5.92 Å². The molecule has 2 nitrogen and oxygen atoms in total. The number of carboxylic acid groups (broad SMARTS) is 1. The molecular formula is C9H18O2. The van der Waals surface area contributed by atoms with E-state index in [1.807, 2.05) is 6.92 Å². The lowest BCUT2D eigenvalue weighted by Crippen LogP contribution is -2.21.